The van der Waals surface area contributed by atoms with Crippen LogP contribution in [0.1, 0.15) is 44.7 Å². The maximum Gasteiger partial charge on any atom is 0.229 e. The minimum Gasteiger partial charge on any atom is -0.349 e. The molecule has 1 fully saturated rings. The van der Waals surface area contributed by atoms with E-state index >= 15 is 0 Å². The third-order valence-corrected chi connectivity index (χ3v) is 4.62. The first-order valence-electron chi connectivity index (χ1n) is 7.62. The van der Waals surface area contributed by atoms with Gasteiger partial charge in [0.05, 0.1) is 18.0 Å². The molecule has 0 saturated heterocycles. The number of hydrogen-bond donors (Lipinski definition) is 2. The molecule has 0 unspecified atom stereocenters. The molecule has 2 N–H and O–H groups in total. The van der Waals surface area contributed by atoms with Crippen molar-refractivity contribution in [1.29, 1.82) is 0 Å². The lowest BCUT2D eigenvalue weighted by Crippen LogP contribution is -2.29. The second-order valence-electron chi connectivity index (χ2n) is 6.27. The molecular weight excluding hydrogens is 300 g/mol. The molecule has 0 bridgehead atoms. The molecule has 0 heterocycles. The number of hydrogen-bond acceptors (Lipinski definition) is 3. The minimum atomic E-state index is -3.35. The normalized spacial score (nSPS) is 17.6. The Balaban J connectivity index is 2.02. The van der Waals surface area contributed by atoms with Gasteiger partial charge in [-0.1, -0.05) is 25.1 Å². The predicted octanol–water partition coefficient (Wildman–Crippen LogP) is 2.67. The second-order valence-corrected chi connectivity index (χ2v) is 8.02. The highest BCUT2D eigenvalue weighted by Crippen LogP contribution is 2.38. The van der Waals surface area contributed by atoms with Gasteiger partial charge in [-0.25, -0.2) is 8.42 Å². The predicted molar refractivity (Wildman–Crippen MR) is 88.0 cm³/mol. The summed E-state index contributed by atoms with van der Waals surface area (Å²) >= 11 is 0. The molecule has 0 radical (unpaired) electrons. The number of anilines is 1. The van der Waals surface area contributed by atoms with Crippen LogP contribution in [0.4, 0.5) is 5.69 Å². The molecule has 1 aromatic rings. The molecule has 1 aliphatic carbocycles. The Labute approximate surface area is 132 Å². The highest BCUT2D eigenvalue weighted by atomic mass is 32.2. The summed E-state index contributed by atoms with van der Waals surface area (Å²) in [4.78, 5) is 12.1. The molecule has 1 aromatic carbocycles. The van der Waals surface area contributed by atoms with Crippen LogP contribution in [0.2, 0.25) is 0 Å². The summed E-state index contributed by atoms with van der Waals surface area (Å²) in [6.45, 7) is 3.98. The van der Waals surface area contributed by atoms with Crippen molar-refractivity contribution >= 4 is 21.6 Å². The molecule has 1 amide bonds. The average molecular weight is 324 g/mol. The van der Waals surface area contributed by atoms with Crippen LogP contribution in [0.25, 0.3) is 0 Å². The monoisotopic (exact) mass is 324 g/mol. The van der Waals surface area contributed by atoms with Gasteiger partial charge >= 0.3 is 0 Å². The molecule has 122 valence electrons. The van der Waals surface area contributed by atoms with Crippen LogP contribution in [0.3, 0.4) is 0 Å². The molecule has 2 rings (SSSR count). The van der Waals surface area contributed by atoms with Gasteiger partial charge in [-0.3, -0.25) is 9.52 Å². The fourth-order valence-electron chi connectivity index (χ4n) is 2.67. The SMILES string of the molecule is C[C@H](NC(=O)C[C@H](C)C1CC1)c1ccccc1NS(C)(=O)=O. The lowest BCUT2D eigenvalue weighted by atomic mass is 10.0. The Kier molecular flexibility index (Phi) is 5.11. The van der Waals surface area contributed by atoms with Crippen LogP contribution >= 0.6 is 0 Å². The van der Waals surface area contributed by atoms with Gasteiger partial charge in [0.1, 0.15) is 0 Å². The van der Waals surface area contributed by atoms with Crippen LogP contribution in [0, 0.1) is 11.8 Å². The Morgan fingerprint density at radius 2 is 1.91 bits per heavy atom. The molecule has 22 heavy (non-hydrogen) atoms. The van der Waals surface area contributed by atoms with E-state index < -0.39 is 10.0 Å². The number of para-hydroxylation sites is 1. The molecule has 1 saturated carbocycles. The number of carbonyl (C=O) groups is 1. The van der Waals surface area contributed by atoms with Gasteiger partial charge in [-0.15, -0.1) is 0 Å². The van der Waals surface area contributed by atoms with Gasteiger partial charge in [0.25, 0.3) is 0 Å². The summed E-state index contributed by atoms with van der Waals surface area (Å²) in [5, 5.41) is 2.96. The van der Waals surface area contributed by atoms with Crippen molar-refractivity contribution in [3.8, 4) is 0 Å². The van der Waals surface area contributed by atoms with E-state index in [4.69, 9.17) is 0 Å². The van der Waals surface area contributed by atoms with Crippen molar-refractivity contribution in [2.75, 3.05) is 11.0 Å². The molecule has 0 spiro atoms. The Morgan fingerprint density at radius 1 is 1.27 bits per heavy atom. The fourth-order valence-corrected chi connectivity index (χ4v) is 3.26. The molecule has 6 heteroatoms. The quantitative estimate of drug-likeness (QED) is 0.809. The zero-order valence-corrected chi connectivity index (χ0v) is 14.1. The summed E-state index contributed by atoms with van der Waals surface area (Å²) in [6, 6.07) is 6.87. The second kappa shape index (κ2) is 6.69. The Bertz CT molecular complexity index is 639. The van der Waals surface area contributed by atoms with Gasteiger partial charge in [0.2, 0.25) is 15.9 Å². The number of rotatable bonds is 7. The maximum absolute atomic E-state index is 12.1. The van der Waals surface area contributed by atoms with Crippen molar-refractivity contribution < 1.29 is 13.2 Å². The smallest absolute Gasteiger partial charge is 0.229 e. The van der Waals surface area contributed by atoms with Gasteiger partial charge in [-0.05, 0) is 43.2 Å². The third kappa shape index (κ3) is 5.02. The van der Waals surface area contributed by atoms with E-state index in [0.29, 0.717) is 23.9 Å². The number of amides is 1. The topological polar surface area (TPSA) is 75.3 Å². The van der Waals surface area contributed by atoms with Crippen molar-refractivity contribution in [2.45, 2.75) is 39.2 Å². The summed E-state index contributed by atoms with van der Waals surface area (Å²) in [7, 11) is -3.35. The molecule has 2 atom stereocenters. The molecule has 1 aliphatic rings. The number of sulfonamides is 1. The van der Waals surface area contributed by atoms with Crippen LogP contribution < -0.4 is 10.0 Å². The van der Waals surface area contributed by atoms with Crippen LogP contribution in [-0.4, -0.2) is 20.6 Å². The van der Waals surface area contributed by atoms with Crippen LogP contribution in [0.5, 0.6) is 0 Å². The number of benzene rings is 1. The molecule has 0 aliphatic heterocycles. The highest BCUT2D eigenvalue weighted by Gasteiger charge is 2.29. The Hall–Kier alpha value is -1.56. The van der Waals surface area contributed by atoms with Crippen molar-refractivity contribution in [3.63, 3.8) is 0 Å². The van der Waals surface area contributed by atoms with E-state index in [0.717, 1.165) is 11.8 Å². The average Bonchev–Trinajstić information content (AvgIpc) is 3.21. The first-order chi connectivity index (χ1) is 10.3. The van der Waals surface area contributed by atoms with Crippen molar-refractivity contribution in [2.24, 2.45) is 11.8 Å². The van der Waals surface area contributed by atoms with Gasteiger partial charge in [0, 0.05) is 6.42 Å². The van der Waals surface area contributed by atoms with E-state index in [-0.39, 0.29) is 11.9 Å². The first-order valence-corrected chi connectivity index (χ1v) is 9.51. The fraction of sp³-hybridized carbons (Fsp3) is 0.562. The Morgan fingerprint density at radius 3 is 2.50 bits per heavy atom. The highest BCUT2D eigenvalue weighted by molar-refractivity contribution is 7.92. The lowest BCUT2D eigenvalue weighted by Gasteiger charge is -2.19. The number of nitrogens with one attached hydrogen (secondary N) is 2. The van der Waals surface area contributed by atoms with E-state index in [1.165, 1.54) is 12.8 Å². The van der Waals surface area contributed by atoms with Gasteiger partial charge in [0.15, 0.2) is 0 Å². The maximum atomic E-state index is 12.1. The summed E-state index contributed by atoms with van der Waals surface area (Å²) in [6.07, 6.45) is 4.09. The number of carbonyl (C=O) groups excluding carboxylic acids is 1. The first kappa shape index (κ1) is 16.8. The summed E-state index contributed by atoms with van der Waals surface area (Å²) in [5.74, 6) is 1.12. The molecule has 5 nitrogen and oxygen atoms in total. The largest absolute Gasteiger partial charge is 0.349 e. The van der Waals surface area contributed by atoms with Crippen molar-refractivity contribution in [1.82, 2.24) is 5.32 Å². The van der Waals surface area contributed by atoms with Crippen molar-refractivity contribution in [3.05, 3.63) is 29.8 Å². The van der Waals surface area contributed by atoms with Gasteiger partial charge in [-0.2, -0.15) is 0 Å². The lowest BCUT2D eigenvalue weighted by molar-refractivity contribution is -0.122. The third-order valence-electron chi connectivity index (χ3n) is 4.03. The van der Waals surface area contributed by atoms with E-state index in [1.54, 1.807) is 12.1 Å². The zero-order chi connectivity index (χ0) is 16.3. The zero-order valence-electron chi connectivity index (χ0n) is 13.3. The van der Waals surface area contributed by atoms with Crippen LogP contribution in [0.15, 0.2) is 24.3 Å². The van der Waals surface area contributed by atoms with E-state index in [9.17, 15) is 13.2 Å². The summed E-state index contributed by atoms with van der Waals surface area (Å²) in [5.41, 5.74) is 1.27. The van der Waals surface area contributed by atoms with E-state index in [1.807, 2.05) is 19.1 Å². The van der Waals surface area contributed by atoms with E-state index in [2.05, 4.69) is 17.0 Å². The molecular formula is C16H24N2O3S. The summed E-state index contributed by atoms with van der Waals surface area (Å²) < 4.78 is 25.3. The van der Waals surface area contributed by atoms with Crippen LogP contribution in [-0.2, 0) is 14.8 Å². The molecule has 0 aromatic heterocycles. The minimum absolute atomic E-state index is 0.0149. The standard InChI is InChI=1S/C16H24N2O3S/c1-11(13-8-9-13)10-16(19)17-12(2)14-6-4-5-7-15(14)18-22(3,20)21/h4-7,11-13,18H,8-10H2,1-3H3,(H,17,19)/t11-,12-/m0/s1. The van der Waals surface area contributed by atoms with Gasteiger partial charge < -0.3 is 5.32 Å².